The molecule has 5 heteroatoms. The Balaban J connectivity index is 2.07. The number of nitrogens with zero attached hydrogens (tertiary/aromatic N) is 2. The smallest absolute Gasteiger partial charge is 0.141 e. The molecule has 0 bridgehead atoms. The Morgan fingerprint density at radius 2 is 1.95 bits per heavy atom. The fourth-order valence-corrected chi connectivity index (χ4v) is 2.24. The fraction of sp³-hybridized carbons (Fsp3) is 0. The topological polar surface area (TPSA) is 63.8 Å². The Morgan fingerprint density at radius 1 is 1.05 bits per heavy atom. The molecule has 4 nitrogen and oxygen atoms in total. The summed E-state index contributed by atoms with van der Waals surface area (Å²) in [6.45, 7) is 0. The quantitative estimate of drug-likeness (QED) is 0.708. The average molecular weight is 315 g/mol. The molecule has 0 spiro atoms. The first-order valence-electron chi connectivity index (χ1n) is 5.75. The minimum atomic E-state index is 0.713. The van der Waals surface area contributed by atoms with Crippen molar-refractivity contribution in [3.05, 3.63) is 53.3 Å². The molecule has 1 heterocycles. The molecule has 3 aromatic rings. The van der Waals surface area contributed by atoms with Crippen LogP contribution in [0.4, 0.5) is 17.2 Å². The number of hydrogen-bond acceptors (Lipinski definition) is 4. The molecule has 0 amide bonds. The van der Waals surface area contributed by atoms with Crippen LogP contribution in [0.2, 0.25) is 0 Å². The number of nitrogen functional groups attached to an aromatic ring is 1. The van der Waals surface area contributed by atoms with Gasteiger partial charge in [0.05, 0.1) is 5.52 Å². The fourth-order valence-electron chi connectivity index (χ4n) is 1.88. The van der Waals surface area contributed by atoms with Crippen LogP contribution in [0.25, 0.3) is 10.9 Å². The van der Waals surface area contributed by atoms with E-state index in [-0.39, 0.29) is 0 Å². The Labute approximate surface area is 118 Å². The van der Waals surface area contributed by atoms with Crippen molar-refractivity contribution in [1.29, 1.82) is 0 Å². The summed E-state index contributed by atoms with van der Waals surface area (Å²) in [5, 5.41) is 4.22. The van der Waals surface area contributed by atoms with Gasteiger partial charge < -0.3 is 11.1 Å². The second-order valence-electron chi connectivity index (χ2n) is 4.13. The summed E-state index contributed by atoms with van der Waals surface area (Å²) >= 11 is 3.46. The van der Waals surface area contributed by atoms with Gasteiger partial charge in [-0.15, -0.1) is 0 Å². The zero-order valence-electron chi connectivity index (χ0n) is 9.97. The molecule has 0 radical (unpaired) electrons. The summed E-state index contributed by atoms with van der Waals surface area (Å²) in [5.41, 5.74) is 8.28. The summed E-state index contributed by atoms with van der Waals surface area (Å²) in [6, 6.07) is 13.5. The molecule has 0 saturated carbocycles. The summed E-state index contributed by atoms with van der Waals surface area (Å²) in [6.07, 6.45) is 1.55. The number of rotatable bonds is 2. The second-order valence-corrected chi connectivity index (χ2v) is 5.05. The third-order valence-corrected chi connectivity index (χ3v) is 3.24. The molecule has 19 heavy (non-hydrogen) atoms. The minimum Gasteiger partial charge on any atom is -0.399 e. The van der Waals surface area contributed by atoms with E-state index in [2.05, 4.69) is 31.2 Å². The molecule has 2 aromatic carbocycles. The van der Waals surface area contributed by atoms with E-state index in [0.29, 0.717) is 5.69 Å². The Hall–Kier alpha value is -2.14. The van der Waals surface area contributed by atoms with Gasteiger partial charge in [-0.3, -0.25) is 0 Å². The van der Waals surface area contributed by atoms with E-state index in [9.17, 15) is 0 Å². The van der Waals surface area contributed by atoms with Crippen LogP contribution in [-0.2, 0) is 0 Å². The lowest BCUT2D eigenvalue weighted by Crippen LogP contribution is -1.96. The van der Waals surface area contributed by atoms with Gasteiger partial charge in [0.2, 0.25) is 0 Å². The van der Waals surface area contributed by atoms with Gasteiger partial charge in [0.15, 0.2) is 0 Å². The molecule has 94 valence electrons. The van der Waals surface area contributed by atoms with Gasteiger partial charge >= 0.3 is 0 Å². The standard InChI is InChI=1S/C14H11BrN4/c15-9-4-5-13-12(6-9)14(18-8-17-13)19-11-3-1-2-10(16)7-11/h1-8H,16H2,(H,17,18,19). The maximum atomic E-state index is 5.77. The minimum absolute atomic E-state index is 0.713. The Kier molecular flexibility index (Phi) is 3.05. The lowest BCUT2D eigenvalue weighted by Gasteiger charge is -2.09. The van der Waals surface area contributed by atoms with Gasteiger partial charge in [0.25, 0.3) is 0 Å². The highest BCUT2D eigenvalue weighted by atomic mass is 79.9. The maximum Gasteiger partial charge on any atom is 0.141 e. The van der Waals surface area contributed by atoms with Crippen LogP contribution in [0.3, 0.4) is 0 Å². The lowest BCUT2D eigenvalue weighted by atomic mass is 10.2. The molecule has 0 aliphatic heterocycles. The Bertz CT molecular complexity index is 742. The van der Waals surface area contributed by atoms with E-state index in [1.807, 2.05) is 42.5 Å². The van der Waals surface area contributed by atoms with Crippen molar-refractivity contribution in [3.63, 3.8) is 0 Å². The molecule has 0 aliphatic rings. The van der Waals surface area contributed by atoms with Crippen LogP contribution >= 0.6 is 15.9 Å². The molecule has 0 saturated heterocycles. The average Bonchev–Trinajstić information content (AvgIpc) is 2.39. The largest absolute Gasteiger partial charge is 0.399 e. The van der Waals surface area contributed by atoms with E-state index < -0.39 is 0 Å². The zero-order valence-corrected chi connectivity index (χ0v) is 11.6. The van der Waals surface area contributed by atoms with E-state index >= 15 is 0 Å². The number of fused-ring (bicyclic) bond motifs is 1. The third-order valence-electron chi connectivity index (χ3n) is 2.75. The van der Waals surface area contributed by atoms with Crippen LogP contribution < -0.4 is 11.1 Å². The van der Waals surface area contributed by atoms with Crippen LogP contribution in [0, 0.1) is 0 Å². The first-order valence-corrected chi connectivity index (χ1v) is 6.54. The molecule has 0 unspecified atom stereocenters. The van der Waals surface area contributed by atoms with Crippen LogP contribution in [0.5, 0.6) is 0 Å². The van der Waals surface area contributed by atoms with Crippen LogP contribution in [-0.4, -0.2) is 9.97 Å². The molecular formula is C14H11BrN4. The second kappa shape index (κ2) is 4.85. The van der Waals surface area contributed by atoms with Gasteiger partial charge in [0, 0.05) is 21.2 Å². The normalized spacial score (nSPS) is 10.6. The predicted molar refractivity (Wildman–Crippen MR) is 81.4 cm³/mol. The van der Waals surface area contributed by atoms with E-state index in [4.69, 9.17) is 5.73 Å². The molecule has 1 aromatic heterocycles. The van der Waals surface area contributed by atoms with Gasteiger partial charge in [-0.05, 0) is 36.4 Å². The van der Waals surface area contributed by atoms with Gasteiger partial charge in [-0.2, -0.15) is 0 Å². The maximum absolute atomic E-state index is 5.77. The number of benzene rings is 2. The van der Waals surface area contributed by atoms with Gasteiger partial charge in [0.1, 0.15) is 12.1 Å². The van der Waals surface area contributed by atoms with Crippen molar-refractivity contribution in [2.45, 2.75) is 0 Å². The Morgan fingerprint density at radius 3 is 2.79 bits per heavy atom. The number of nitrogens with one attached hydrogen (secondary N) is 1. The summed E-state index contributed by atoms with van der Waals surface area (Å²) < 4.78 is 0.991. The zero-order chi connectivity index (χ0) is 13.2. The molecule has 0 atom stereocenters. The van der Waals surface area contributed by atoms with E-state index in [0.717, 1.165) is 26.9 Å². The predicted octanol–water partition coefficient (Wildman–Crippen LogP) is 3.72. The molecule has 3 N–H and O–H groups in total. The molecule has 3 rings (SSSR count). The SMILES string of the molecule is Nc1cccc(Nc2ncnc3ccc(Br)cc23)c1. The molecule has 0 aliphatic carbocycles. The van der Waals surface area contributed by atoms with Crippen LogP contribution in [0.15, 0.2) is 53.3 Å². The number of halogens is 1. The van der Waals surface area contributed by atoms with Crippen molar-refractivity contribution in [1.82, 2.24) is 9.97 Å². The highest BCUT2D eigenvalue weighted by Crippen LogP contribution is 2.26. The number of nitrogens with two attached hydrogens (primary N) is 1. The summed E-state index contributed by atoms with van der Waals surface area (Å²) in [4.78, 5) is 8.53. The summed E-state index contributed by atoms with van der Waals surface area (Å²) in [7, 11) is 0. The van der Waals surface area contributed by atoms with Crippen molar-refractivity contribution in [2.75, 3.05) is 11.1 Å². The van der Waals surface area contributed by atoms with Crippen molar-refractivity contribution in [2.24, 2.45) is 0 Å². The van der Waals surface area contributed by atoms with Gasteiger partial charge in [-0.1, -0.05) is 22.0 Å². The van der Waals surface area contributed by atoms with E-state index in [1.54, 1.807) is 6.33 Å². The monoisotopic (exact) mass is 314 g/mol. The number of anilines is 3. The molecular weight excluding hydrogens is 304 g/mol. The highest BCUT2D eigenvalue weighted by Gasteiger charge is 2.04. The first-order chi connectivity index (χ1) is 9.22. The van der Waals surface area contributed by atoms with E-state index in [1.165, 1.54) is 0 Å². The van der Waals surface area contributed by atoms with Gasteiger partial charge in [-0.25, -0.2) is 9.97 Å². The van der Waals surface area contributed by atoms with Crippen molar-refractivity contribution >= 4 is 44.0 Å². The van der Waals surface area contributed by atoms with Crippen LogP contribution in [0.1, 0.15) is 0 Å². The number of aromatic nitrogens is 2. The van der Waals surface area contributed by atoms with Crippen molar-refractivity contribution < 1.29 is 0 Å². The molecule has 0 fully saturated rings. The lowest BCUT2D eigenvalue weighted by molar-refractivity contribution is 1.22. The van der Waals surface area contributed by atoms with Crippen molar-refractivity contribution in [3.8, 4) is 0 Å². The number of hydrogen-bond donors (Lipinski definition) is 2. The highest BCUT2D eigenvalue weighted by molar-refractivity contribution is 9.10. The first kappa shape index (κ1) is 11.9. The summed E-state index contributed by atoms with van der Waals surface area (Å²) in [5.74, 6) is 0.761. The third kappa shape index (κ3) is 2.51.